The second kappa shape index (κ2) is 4.92. The first-order valence-corrected chi connectivity index (χ1v) is 7.26. The van der Waals surface area contributed by atoms with Gasteiger partial charge >= 0.3 is 0 Å². The molecule has 1 saturated heterocycles. The van der Waals surface area contributed by atoms with Crippen molar-refractivity contribution in [1.29, 1.82) is 0 Å². The Kier molecular flexibility index (Phi) is 3.76. The predicted octanol–water partition coefficient (Wildman–Crippen LogP) is 3.27. The molecule has 0 saturated carbocycles. The fourth-order valence-electron chi connectivity index (χ4n) is 2.71. The molecule has 2 heteroatoms. The number of hydrogen-bond acceptors (Lipinski definition) is 2. The van der Waals surface area contributed by atoms with Crippen LogP contribution in [0.4, 0.5) is 0 Å². The molecule has 2 rings (SSSR count). The number of piperazine rings is 1. The van der Waals surface area contributed by atoms with Crippen LogP contribution in [0.25, 0.3) is 0 Å². The summed E-state index contributed by atoms with van der Waals surface area (Å²) in [5, 5.41) is 3.64. The molecule has 0 aliphatic carbocycles. The first-order valence-electron chi connectivity index (χ1n) is 7.26. The zero-order valence-corrected chi connectivity index (χ0v) is 13.3. The second-order valence-electron chi connectivity index (χ2n) is 7.32. The van der Waals surface area contributed by atoms with E-state index in [1.54, 1.807) is 0 Å². The summed E-state index contributed by atoms with van der Waals surface area (Å²) in [4.78, 5) is 2.60. The summed E-state index contributed by atoms with van der Waals surface area (Å²) in [5.74, 6) is 0. The number of nitrogens with zero attached hydrogens (tertiary/aromatic N) is 1. The fraction of sp³-hybridized carbons (Fsp3) is 0.647. The Morgan fingerprint density at radius 3 is 2.42 bits per heavy atom. The van der Waals surface area contributed by atoms with Gasteiger partial charge in [0, 0.05) is 30.7 Å². The largest absolute Gasteiger partial charge is 0.309 e. The topological polar surface area (TPSA) is 15.3 Å². The highest BCUT2D eigenvalue weighted by Crippen LogP contribution is 2.25. The Labute approximate surface area is 118 Å². The van der Waals surface area contributed by atoms with Crippen molar-refractivity contribution < 1.29 is 0 Å². The molecule has 1 heterocycles. The van der Waals surface area contributed by atoms with Crippen LogP contribution in [0.3, 0.4) is 0 Å². The standard InChI is InChI=1S/C17H28N2/c1-13-7-8-15(9-14(13)2)10-19-12-16(3,4)18-11-17(19,5)6/h7-9,18H,10-12H2,1-6H3. The van der Waals surface area contributed by atoms with Crippen LogP contribution in [-0.4, -0.2) is 29.1 Å². The molecule has 0 unspecified atom stereocenters. The van der Waals surface area contributed by atoms with Gasteiger partial charge in [-0.2, -0.15) is 0 Å². The van der Waals surface area contributed by atoms with Gasteiger partial charge in [0.15, 0.2) is 0 Å². The van der Waals surface area contributed by atoms with Gasteiger partial charge in [-0.3, -0.25) is 4.90 Å². The van der Waals surface area contributed by atoms with Crippen molar-refractivity contribution in [1.82, 2.24) is 10.2 Å². The third-order valence-electron chi connectivity index (χ3n) is 4.39. The number of aryl methyl sites for hydroxylation is 2. The van der Waals surface area contributed by atoms with E-state index in [4.69, 9.17) is 0 Å². The van der Waals surface area contributed by atoms with Crippen molar-refractivity contribution in [3.05, 3.63) is 34.9 Å². The Bertz CT molecular complexity index is 460. The molecule has 1 aromatic rings. The van der Waals surface area contributed by atoms with E-state index in [1.165, 1.54) is 16.7 Å². The minimum Gasteiger partial charge on any atom is -0.309 e. The van der Waals surface area contributed by atoms with Gasteiger partial charge in [-0.05, 0) is 58.2 Å². The molecule has 1 aromatic carbocycles. The lowest BCUT2D eigenvalue weighted by atomic mass is 9.90. The van der Waals surface area contributed by atoms with Gasteiger partial charge in [0.2, 0.25) is 0 Å². The molecule has 0 atom stereocenters. The Balaban J connectivity index is 2.17. The average molecular weight is 260 g/mol. The van der Waals surface area contributed by atoms with Crippen molar-refractivity contribution in [3.8, 4) is 0 Å². The normalized spacial score (nSPS) is 22.4. The SMILES string of the molecule is Cc1ccc(CN2CC(C)(C)NCC2(C)C)cc1C. The van der Waals surface area contributed by atoms with Crippen LogP contribution >= 0.6 is 0 Å². The minimum absolute atomic E-state index is 0.204. The molecule has 19 heavy (non-hydrogen) atoms. The van der Waals surface area contributed by atoms with Gasteiger partial charge in [0.25, 0.3) is 0 Å². The molecule has 0 aromatic heterocycles. The van der Waals surface area contributed by atoms with Crippen LogP contribution in [0, 0.1) is 13.8 Å². The highest BCUT2D eigenvalue weighted by atomic mass is 15.3. The third-order valence-corrected chi connectivity index (χ3v) is 4.39. The van der Waals surface area contributed by atoms with Crippen molar-refractivity contribution in [2.45, 2.75) is 59.2 Å². The van der Waals surface area contributed by atoms with E-state index in [9.17, 15) is 0 Å². The smallest absolute Gasteiger partial charge is 0.0282 e. The molecule has 0 amide bonds. The monoisotopic (exact) mass is 260 g/mol. The van der Waals surface area contributed by atoms with E-state index < -0.39 is 0 Å². The van der Waals surface area contributed by atoms with Gasteiger partial charge in [0.05, 0.1) is 0 Å². The van der Waals surface area contributed by atoms with Gasteiger partial charge in [-0.1, -0.05) is 18.2 Å². The first-order chi connectivity index (χ1) is 8.70. The van der Waals surface area contributed by atoms with E-state index >= 15 is 0 Å². The lowest BCUT2D eigenvalue weighted by Gasteiger charge is -2.49. The number of hydrogen-bond donors (Lipinski definition) is 1. The quantitative estimate of drug-likeness (QED) is 0.878. The summed E-state index contributed by atoms with van der Waals surface area (Å²) < 4.78 is 0. The summed E-state index contributed by atoms with van der Waals surface area (Å²) in [5.41, 5.74) is 4.62. The zero-order chi connectivity index (χ0) is 14.3. The average Bonchev–Trinajstić information content (AvgIpc) is 2.29. The van der Waals surface area contributed by atoms with E-state index in [0.29, 0.717) is 0 Å². The number of benzene rings is 1. The molecular formula is C17H28N2. The Morgan fingerprint density at radius 2 is 1.79 bits per heavy atom. The van der Waals surface area contributed by atoms with Gasteiger partial charge in [-0.25, -0.2) is 0 Å². The van der Waals surface area contributed by atoms with Crippen LogP contribution < -0.4 is 5.32 Å². The molecule has 1 aliphatic rings. The zero-order valence-electron chi connectivity index (χ0n) is 13.3. The summed E-state index contributed by atoms with van der Waals surface area (Å²) in [7, 11) is 0. The van der Waals surface area contributed by atoms with Crippen molar-refractivity contribution in [2.24, 2.45) is 0 Å². The van der Waals surface area contributed by atoms with Crippen LogP contribution in [-0.2, 0) is 6.54 Å². The van der Waals surface area contributed by atoms with Crippen LogP contribution in [0.1, 0.15) is 44.4 Å². The van der Waals surface area contributed by atoms with Gasteiger partial charge < -0.3 is 5.32 Å². The van der Waals surface area contributed by atoms with E-state index in [1.807, 2.05) is 0 Å². The van der Waals surface area contributed by atoms with Crippen molar-refractivity contribution >= 4 is 0 Å². The minimum atomic E-state index is 0.204. The van der Waals surface area contributed by atoms with Gasteiger partial charge in [0.1, 0.15) is 0 Å². The molecule has 0 bridgehead atoms. The lowest BCUT2D eigenvalue weighted by Crippen LogP contribution is -2.65. The molecule has 0 radical (unpaired) electrons. The van der Waals surface area contributed by atoms with Crippen LogP contribution in [0.5, 0.6) is 0 Å². The molecule has 106 valence electrons. The molecular weight excluding hydrogens is 232 g/mol. The van der Waals surface area contributed by atoms with E-state index in [2.05, 4.69) is 70.0 Å². The molecule has 1 N–H and O–H groups in total. The maximum absolute atomic E-state index is 3.64. The summed E-state index contributed by atoms with van der Waals surface area (Å²) in [6.07, 6.45) is 0. The molecule has 0 spiro atoms. The van der Waals surface area contributed by atoms with Crippen molar-refractivity contribution in [3.63, 3.8) is 0 Å². The highest BCUT2D eigenvalue weighted by molar-refractivity contribution is 5.30. The summed E-state index contributed by atoms with van der Waals surface area (Å²) in [6, 6.07) is 6.85. The maximum atomic E-state index is 3.64. The van der Waals surface area contributed by atoms with E-state index in [-0.39, 0.29) is 11.1 Å². The Morgan fingerprint density at radius 1 is 1.11 bits per heavy atom. The second-order valence-corrected chi connectivity index (χ2v) is 7.32. The molecule has 1 aliphatic heterocycles. The van der Waals surface area contributed by atoms with Crippen LogP contribution in [0.15, 0.2) is 18.2 Å². The van der Waals surface area contributed by atoms with E-state index in [0.717, 1.165) is 19.6 Å². The Hall–Kier alpha value is -0.860. The molecule has 2 nitrogen and oxygen atoms in total. The number of rotatable bonds is 2. The van der Waals surface area contributed by atoms with Crippen LogP contribution in [0.2, 0.25) is 0 Å². The number of nitrogens with one attached hydrogen (secondary N) is 1. The fourth-order valence-corrected chi connectivity index (χ4v) is 2.71. The first kappa shape index (κ1) is 14.5. The van der Waals surface area contributed by atoms with Gasteiger partial charge in [-0.15, -0.1) is 0 Å². The summed E-state index contributed by atoms with van der Waals surface area (Å²) in [6.45, 7) is 16.8. The third kappa shape index (κ3) is 3.37. The maximum Gasteiger partial charge on any atom is 0.0282 e. The highest BCUT2D eigenvalue weighted by Gasteiger charge is 2.37. The lowest BCUT2D eigenvalue weighted by molar-refractivity contribution is 0.0324. The summed E-state index contributed by atoms with van der Waals surface area (Å²) >= 11 is 0. The van der Waals surface area contributed by atoms with Crippen molar-refractivity contribution in [2.75, 3.05) is 13.1 Å². The predicted molar refractivity (Wildman–Crippen MR) is 82.5 cm³/mol. The molecule has 1 fully saturated rings.